The lowest BCUT2D eigenvalue weighted by Gasteiger charge is -2.13. The van der Waals surface area contributed by atoms with Crippen LogP contribution in [-0.2, 0) is 12.3 Å². The lowest BCUT2D eigenvalue weighted by atomic mass is 10.1. The zero-order valence-corrected chi connectivity index (χ0v) is 17.5. The predicted octanol–water partition coefficient (Wildman–Crippen LogP) is 5.32. The minimum atomic E-state index is -0.102. The fourth-order valence-corrected chi connectivity index (χ4v) is 3.73. The van der Waals surface area contributed by atoms with Crippen LogP contribution in [0.1, 0.15) is 28.4 Å². The summed E-state index contributed by atoms with van der Waals surface area (Å²) >= 11 is 1.72. The molecule has 0 unspecified atom stereocenters. The Labute approximate surface area is 176 Å². The maximum absolute atomic E-state index is 12.7. The molecule has 29 heavy (non-hydrogen) atoms. The van der Waals surface area contributed by atoms with Crippen LogP contribution in [0.25, 0.3) is 0 Å². The highest BCUT2D eigenvalue weighted by molar-refractivity contribution is 7.98. The second-order valence-electron chi connectivity index (χ2n) is 6.39. The second-order valence-corrected chi connectivity index (χ2v) is 7.44. The smallest absolute Gasteiger partial charge is 0.251 e. The van der Waals surface area contributed by atoms with Gasteiger partial charge in [-0.05, 0) is 55.0 Å². The Morgan fingerprint density at radius 3 is 2.45 bits per heavy atom. The van der Waals surface area contributed by atoms with E-state index in [1.54, 1.807) is 18.9 Å². The van der Waals surface area contributed by atoms with Gasteiger partial charge in [-0.2, -0.15) is 0 Å². The first-order chi connectivity index (χ1) is 14.2. The van der Waals surface area contributed by atoms with Crippen molar-refractivity contribution in [1.82, 2.24) is 5.32 Å². The molecule has 0 aliphatic rings. The number of carbonyl (C=O) groups is 1. The molecule has 0 saturated carbocycles. The van der Waals surface area contributed by atoms with E-state index in [9.17, 15) is 4.79 Å². The summed E-state index contributed by atoms with van der Waals surface area (Å²) in [5, 5.41) is 2.98. The van der Waals surface area contributed by atoms with E-state index in [0.717, 1.165) is 28.4 Å². The van der Waals surface area contributed by atoms with E-state index in [1.165, 1.54) is 4.90 Å². The predicted molar refractivity (Wildman–Crippen MR) is 118 cm³/mol. The molecule has 1 N–H and O–H groups in total. The van der Waals surface area contributed by atoms with E-state index in [4.69, 9.17) is 9.47 Å². The number of carbonyl (C=O) groups excluding carboxylic acids is 1. The highest BCUT2D eigenvalue weighted by Crippen LogP contribution is 2.29. The van der Waals surface area contributed by atoms with Crippen molar-refractivity contribution in [3.05, 3.63) is 89.5 Å². The first-order valence-corrected chi connectivity index (χ1v) is 10.5. The summed E-state index contributed by atoms with van der Waals surface area (Å²) in [5.41, 5.74) is 2.66. The minimum absolute atomic E-state index is 0.102. The summed E-state index contributed by atoms with van der Waals surface area (Å²) in [6, 6.07) is 23.5. The number of amides is 1. The number of benzene rings is 3. The Bertz CT molecular complexity index is 927. The van der Waals surface area contributed by atoms with Crippen LogP contribution in [0.5, 0.6) is 11.5 Å². The molecule has 0 saturated heterocycles. The molecule has 0 spiro atoms. The van der Waals surface area contributed by atoms with Crippen LogP contribution in [0, 0.1) is 0 Å². The van der Waals surface area contributed by atoms with Crippen LogP contribution in [0.15, 0.2) is 77.7 Å². The zero-order valence-electron chi connectivity index (χ0n) is 16.7. The van der Waals surface area contributed by atoms with Crippen molar-refractivity contribution in [2.24, 2.45) is 0 Å². The third-order valence-electron chi connectivity index (χ3n) is 4.37. The quantitative estimate of drug-likeness (QED) is 0.488. The van der Waals surface area contributed by atoms with E-state index in [0.29, 0.717) is 18.7 Å². The van der Waals surface area contributed by atoms with Crippen LogP contribution >= 0.6 is 11.8 Å². The summed E-state index contributed by atoms with van der Waals surface area (Å²) < 4.78 is 10.9. The largest absolute Gasteiger partial charge is 0.497 e. The first-order valence-electron chi connectivity index (χ1n) is 9.54. The van der Waals surface area contributed by atoms with Gasteiger partial charge in [-0.1, -0.05) is 30.3 Å². The van der Waals surface area contributed by atoms with Gasteiger partial charge in [0.25, 0.3) is 5.91 Å². The third kappa shape index (κ3) is 6.03. The third-order valence-corrected chi connectivity index (χ3v) is 5.43. The lowest BCUT2D eigenvalue weighted by molar-refractivity contribution is 0.0951. The van der Waals surface area contributed by atoms with Crippen LogP contribution in [-0.4, -0.2) is 19.6 Å². The van der Waals surface area contributed by atoms with Gasteiger partial charge in [-0.3, -0.25) is 4.79 Å². The molecule has 0 atom stereocenters. The van der Waals surface area contributed by atoms with Crippen molar-refractivity contribution in [3.63, 3.8) is 0 Å². The average Bonchev–Trinajstić information content (AvgIpc) is 2.78. The molecule has 0 radical (unpaired) electrons. The molecular formula is C24H25NO3S. The van der Waals surface area contributed by atoms with Crippen LogP contribution < -0.4 is 14.8 Å². The van der Waals surface area contributed by atoms with E-state index >= 15 is 0 Å². The van der Waals surface area contributed by atoms with E-state index in [2.05, 4.69) is 17.4 Å². The monoisotopic (exact) mass is 407 g/mol. The van der Waals surface area contributed by atoms with Crippen molar-refractivity contribution >= 4 is 17.7 Å². The van der Waals surface area contributed by atoms with Crippen molar-refractivity contribution in [3.8, 4) is 11.5 Å². The molecule has 0 heterocycles. The maximum Gasteiger partial charge on any atom is 0.251 e. The van der Waals surface area contributed by atoms with Gasteiger partial charge in [0.1, 0.15) is 11.5 Å². The van der Waals surface area contributed by atoms with Crippen molar-refractivity contribution in [2.75, 3.05) is 13.7 Å². The molecule has 0 bridgehead atoms. The number of ether oxygens (including phenoxy) is 2. The Morgan fingerprint density at radius 2 is 1.76 bits per heavy atom. The molecule has 3 aromatic rings. The second kappa shape index (κ2) is 10.6. The summed E-state index contributed by atoms with van der Waals surface area (Å²) in [7, 11) is 1.64. The minimum Gasteiger partial charge on any atom is -0.497 e. The molecule has 0 aromatic heterocycles. The molecule has 1 amide bonds. The Balaban J connectivity index is 1.68. The molecule has 0 aliphatic heterocycles. The van der Waals surface area contributed by atoms with Crippen LogP contribution in [0.2, 0.25) is 0 Å². The number of hydrogen-bond acceptors (Lipinski definition) is 4. The Morgan fingerprint density at radius 1 is 1.00 bits per heavy atom. The standard InChI is InChI=1S/C24H25NO3S/c1-3-28-23-14-11-19(15-20(23)17-29-22-7-5-4-6-8-22)24(26)25-16-18-9-12-21(27-2)13-10-18/h4-15H,3,16-17H2,1-2H3,(H,25,26). The van der Waals surface area contributed by atoms with Crippen LogP contribution in [0.3, 0.4) is 0 Å². The molecule has 5 heteroatoms. The highest BCUT2D eigenvalue weighted by Gasteiger charge is 2.11. The number of hydrogen-bond donors (Lipinski definition) is 1. The van der Waals surface area contributed by atoms with Gasteiger partial charge < -0.3 is 14.8 Å². The SMILES string of the molecule is CCOc1ccc(C(=O)NCc2ccc(OC)cc2)cc1CSc1ccccc1. The van der Waals surface area contributed by atoms with Gasteiger partial charge >= 0.3 is 0 Å². The zero-order chi connectivity index (χ0) is 20.5. The van der Waals surface area contributed by atoms with E-state index in [1.807, 2.05) is 67.6 Å². The summed E-state index contributed by atoms with van der Waals surface area (Å²) in [4.78, 5) is 13.8. The fraction of sp³-hybridized carbons (Fsp3) is 0.208. The van der Waals surface area contributed by atoms with Gasteiger partial charge in [-0.25, -0.2) is 0 Å². The summed E-state index contributed by atoms with van der Waals surface area (Å²) in [6.07, 6.45) is 0. The fourth-order valence-electron chi connectivity index (χ4n) is 2.84. The number of nitrogens with one attached hydrogen (secondary N) is 1. The number of methoxy groups -OCH3 is 1. The molecule has 3 aromatic carbocycles. The van der Waals surface area contributed by atoms with Gasteiger partial charge in [0.2, 0.25) is 0 Å². The lowest BCUT2D eigenvalue weighted by Crippen LogP contribution is -2.22. The number of thioether (sulfide) groups is 1. The summed E-state index contributed by atoms with van der Waals surface area (Å²) in [6.45, 7) is 3.01. The molecular weight excluding hydrogens is 382 g/mol. The Hall–Kier alpha value is -2.92. The average molecular weight is 408 g/mol. The molecule has 150 valence electrons. The van der Waals surface area contributed by atoms with Gasteiger partial charge in [0.05, 0.1) is 13.7 Å². The van der Waals surface area contributed by atoms with Gasteiger partial charge in [-0.15, -0.1) is 11.8 Å². The normalized spacial score (nSPS) is 10.4. The van der Waals surface area contributed by atoms with Crippen molar-refractivity contribution in [1.29, 1.82) is 0 Å². The molecule has 0 fully saturated rings. The highest BCUT2D eigenvalue weighted by atomic mass is 32.2. The van der Waals surface area contributed by atoms with Crippen LogP contribution in [0.4, 0.5) is 0 Å². The van der Waals surface area contributed by atoms with Crippen molar-refractivity contribution < 1.29 is 14.3 Å². The van der Waals surface area contributed by atoms with Gasteiger partial charge in [0.15, 0.2) is 0 Å². The number of rotatable bonds is 9. The molecule has 4 nitrogen and oxygen atoms in total. The summed E-state index contributed by atoms with van der Waals surface area (Å²) in [5.74, 6) is 2.25. The molecule has 0 aliphatic carbocycles. The molecule has 3 rings (SSSR count). The Kier molecular flexibility index (Phi) is 7.59. The van der Waals surface area contributed by atoms with E-state index in [-0.39, 0.29) is 5.91 Å². The topological polar surface area (TPSA) is 47.6 Å². The maximum atomic E-state index is 12.7. The first kappa shape index (κ1) is 20.8. The van der Waals surface area contributed by atoms with Gasteiger partial charge in [0, 0.05) is 28.3 Å². The van der Waals surface area contributed by atoms with Crippen molar-refractivity contribution in [2.45, 2.75) is 24.1 Å². The van der Waals surface area contributed by atoms with E-state index < -0.39 is 0 Å².